The summed E-state index contributed by atoms with van der Waals surface area (Å²) in [6.07, 6.45) is 1.54. The van der Waals surface area contributed by atoms with Crippen molar-refractivity contribution in [2.24, 2.45) is 0 Å². The van der Waals surface area contributed by atoms with E-state index in [4.69, 9.17) is 10.5 Å². The zero-order chi connectivity index (χ0) is 21.3. The minimum Gasteiger partial charge on any atom is -0.487 e. The molecule has 0 saturated heterocycles. The van der Waals surface area contributed by atoms with Crippen LogP contribution < -0.4 is 16.0 Å². The van der Waals surface area contributed by atoms with E-state index in [1.165, 1.54) is 10.6 Å². The number of ether oxygens (including phenoxy) is 1. The number of aryl methyl sites for hydroxylation is 2. The molecule has 0 aliphatic rings. The quantitative estimate of drug-likeness (QED) is 0.617. The average Bonchev–Trinajstić information content (AvgIpc) is 2.63. The lowest BCUT2D eigenvalue weighted by atomic mass is 10.2. The van der Waals surface area contributed by atoms with Gasteiger partial charge in [-0.25, -0.2) is 23.1 Å². The van der Waals surface area contributed by atoms with E-state index >= 15 is 0 Å². The molecule has 152 valence electrons. The van der Waals surface area contributed by atoms with Gasteiger partial charge in [-0.05, 0) is 29.8 Å². The van der Waals surface area contributed by atoms with Gasteiger partial charge in [0.1, 0.15) is 45.9 Å². The average molecular weight is 469 g/mol. The standard InChI is InChI=1S/C19H16BrF3N4O2/c1-9-3-16(29-8-13-14(22)4-12(21)5-15(13)23)17(20)19(28)27(9)7-11-6-25-10(2)26-18(11)24/h3-6H,7-8H2,1-2H3,(H2,24,25,26). The van der Waals surface area contributed by atoms with Crippen molar-refractivity contribution in [3.63, 3.8) is 0 Å². The molecular formula is C19H16BrF3N4O2. The third-order valence-electron chi connectivity index (χ3n) is 4.24. The van der Waals surface area contributed by atoms with Crippen LogP contribution in [0, 0.1) is 31.3 Å². The minimum absolute atomic E-state index is 0.0672. The predicted molar refractivity (Wildman–Crippen MR) is 104 cm³/mol. The first-order chi connectivity index (χ1) is 13.7. The van der Waals surface area contributed by atoms with Crippen molar-refractivity contribution in [3.8, 4) is 5.75 Å². The lowest BCUT2D eigenvalue weighted by Crippen LogP contribution is -2.25. The fourth-order valence-corrected chi connectivity index (χ4v) is 3.12. The number of pyridine rings is 1. The van der Waals surface area contributed by atoms with Gasteiger partial charge in [0.2, 0.25) is 0 Å². The van der Waals surface area contributed by atoms with Crippen molar-refractivity contribution in [1.29, 1.82) is 0 Å². The second-order valence-corrected chi connectivity index (χ2v) is 7.11. The van der Waals surface area contributed by atoms with Crippen LogP contribution in [-0.4, -0.2) is 14.5 Å². The third kappa shape index (κ3) is 4.42. The maximum Gasteiger partial charge on any atom is 0.269 e. The summed E-state index contributed by atoms with van der Waals surface area (Å²) in [6.45, 7) is 2.99. The summed E-state index contributed by atoms with van der Waals surface area (Å²) in [4.78, 5) is 20.9. The zero-order valence-electron chi connectivity index (χ0n) is 15.5. The van der Waals surface area contributed by atoms with E-state index in [2.05, 4.69) is 25.9 Å². The number of halogens is 4. The highest BCUT2D eigenvalue weighted by atomic mass is 79.9. The second kappa shape index (κ2) is 8.24. The highest BCUT2D eigenvalue weighted by Gasteiger charge is 2.17. The molecule has 0 unspecified atom stereocenters. The Balaban J connectivity index is 1.89. The van der Waals surface area contributed by atoms with Crippen molar-refractivity contribution < 1.29 is 17.9 Å². The summed E-state index contributed by atoms with van der Waals surface area (Å²) in [5.41, 5.74) is 6.11. The Labute approximate surface area is 172 Å². The number of benzene rings is 1. The molecular weight excluding hydrogens is 453 g/mol. The fourth-order valence-electron chi connectivity index (χ4n) is 2.68. The van der Waals surface area contributed by atoms with Crippen LogP contribution in [0.2, 0.25) is 0 Å². The normalized spacial score (nSPS) is 11.0. The molecule has 2 heterocycles. The number of rotatable bonds is 5. The molecule has 3 aromatic rings. The topological polar surface area (TPSA) is 83.0 Å². The molecule has 3 rings (SSSR count). The van der Waals surface area contributed by atoms with Gasteiger partial charge >= 0.3 is 0 Å². The van der Waals surface area contributed by atoms with E-state index in [1.54, 1.807) is 20.0 Å². The first kappa shape index (κ1) is 20.8. The highest BCUT2D eigenvalue weighted by molar-refractivity contribution is 9.10. The molecule has 0 spiro atoms. The summed E-state index contributed by atoms with van der Waals surface area (Å²) in [6, 6.07) is 2.66. The van der Waals surface area contributed by atoms with E-state index in [0.717, 1.165) is 0 Å². The highest BCUT2D eigenvalue weighted by Crippen LogP contribution is 2.25. The van der Waals surface area contributed by atoms with Crippen LogP contribution in [0.25, 0.3) is 0 Å². The monoisotopic (exact) mass is 468 g/mol. The van der Waals surface area contributed by atoms with E-state index in [1.807, 2.05) is 0 Å². The van der Waals surface area contributed by atoms with Gasteiger partial charge in [0.15, 0.2) is 0 Å². The second-order valence-electron chi connectivity index (χ2n) is 6.32. The summed E-state index contributed by atoms with van der Waals surface area (Å²) in [7, 11) is 0. The van der Waals surface area contributed by atoms with Crippen molar-refractivity contribution in [2.75, 3.05) is 5.73 Å². The Morgan fingerprint density at radius 2 is 1.83 bits per heavy atom. The smallest absolute Gasteiger partial charge is 0.269 e. The van der Waals surface area contributed by atoms with Gasteiger partial charge < -0.3 is 15.0 Å². The molecule has 2 N–H and O–H groups in total. The van der Waals surface area contributed by atoms with Crippen LogP contribution in [0.5, 0.6) is 5.75 Å². The van der Waals surface area contributed by atoms with Gasteiger partial charge in [-0.15, -0.1) is 0 Å². The fraction of sp³-hybridized carbons (Fsp3) is 0.211. The van der Waals surface area contributed by atoms with Gasteiger partial charge in [0.05, 0.1) is 12.1 Å². The maximum atomic E-state index is 13.8. The Bertz CT molecular complexity index is 1130. The van der Waals surface area contributed by atoms with Crippen molar-refractivity contribution in [1.82, 2.24) is 14.5 Å². The molecule has 0 fully saturated rings. The number of nitrogens with zero attached hydrogens (tertiary/aromatic N) is 3. The summed E-state index contributed by atoms with van der Waals surface area (Å²) in [5, 5.41) is 0. The van der Waals surface area contributed by atoms with E-state index in [0.29, 0.717) is 29.2 Å². The van der Waals surface area contributed by atoms with Crippen molar-refractivity contribution in [3.05, 3.63) is 79.3 Å². The van der Waals surface area contributed by atoms with Crippen molar-refractivity contribution >= 4 is 21.7 Å². The lowest BCUT2D eigenvalue weighted by molar-refractivity contribution is 0.288. The molecule has 0 aliphatic heterocycles. The predicted octanol–water partition coefficient (Wildman–Crippen LogP) is 3.64. The third-order valence-corrected chi connectivity index (χ3v) is 4.97. The molecule has 0 atom stereocenters. The molecule has 10 heteroatoms. The summed E-state index contributed by atoms with van der Waals surface area (Å²) < 4.78 is 47.5. The van der Waals surface area contributed by atoms with E-state index in [9.17, 15) is 18.0 Å². The molecule has 0 saturated carbocycles. The molecule has 0 radical (unpaired) electrons. The number of hydrogen-bond acceptors (Lipinski definition) is 5. The number of aromatic nitrogens is 3. The Morgan fingerprint density at radius 3 is 2.45 bits per heavy atom. The number of nitrogens with two attached hydrogens (primary N) is 1. The van der Waals surface area contributed by atoms with E-state index < -0.39 is 35.2 Å². The molecule has 2 aromatic heterocycles. The first-order valence-corrected chi connectivity index (χ1v) is 9.20. The molecule has 0 aliphatic carbocycles. The van der Waals surface area contributed by atoms with Crippen molar-refractivity contribution in [2.45, 2.75) is 27.0 Å². The van der Waals surface area contributed by atoms with Crippen LogP contribution in [0.4, 0.5) is 19.0 Å². The number of anilines is 1. The molecule has 29 heavy (non-hydrogen) atoms. The van der Waals surface area contributed by atoms with Gasteiger partial charge in [-0.1, -0.05) is 0 Å². The lowest BCUT2D eigenvalue weighted by Gasteiger charge is -2.15. The molecule has 0 bridgehead atoms. The summed E-state index contributed by atoms with van der Waals surface area (Å²) in [5.74, 6) is -2.29. The van der Waals surface area contributed by atoms with Crippen LogP contribution in [0.15, 0.2) is 33.7 Å². The molecule has 1 aromatic carbocycles. The first-order valence-electron chi connectivity index (χ1n) is 8.41. The SMILES string of the molecule is Cc1ncc(Cn2c(C)cc(OCc3c(F)cc(F)cc3F)c(Br)c2=O)c(N)n1. The Morgan fingerprint density at radius 1 is 1.17 bits per heavy atom. The number of nitrogen functional groups attached to an aromatic ring is 1. The van der Waals surface area contributed by atoms with E-state index in [-0.39, 0.29) is 22.6 Å². The Kier molecular flexibility index (Phi) is 5.92. The summed E-state index contributed by atoms with van der Waals surface area (Å²) >= 11 is 3.16. The van der Waals surface area contributed by atoms with Gasteiger partial charge in [0, 0.05) is 35.7 Å². The number of hydrogen-bond donors (Lipinski definition) is 1. The molecule has 0 amide bonds. The maximum absolute atomic E-state index is 13.8. The van der Waals surface area contributed by atoms with Gasteiger partial charge in [0.25, 0.3) is 5.56 Å². The minimum atomic E-state index is -1.07. The van der Waals surface area contributed by atoms with Crippen LogP contribution in [-0.2, 0) is 13.2 Å². The van der Waals surface area contributed by atoms with Crippen LogP contribution in [0.1, 0.15) is 22.6 Å². The largest absolute Gasteiger partial charge is 0.487 e. The Hall–Kier alpha value is -2.88. The van der Waals surface area contributed by atoms with Crippen LogP contribution >= 0.6 is 15.9 Å². The zero-order valence-corrected chi connectivity index (χ0v) is 17.1. The molecule has 6 nitrogen and oxygen atoms in total. The van der Waals surface area contributed by atoms with Crippen LogP contribution in [0.3, 0.4) is 0 Å². The van der Waals surface area contributed by atoms with Gasteiger partial charge in [-0.2, -0.15) is 0 Å². The van der Waals surface area contributed by atoms with Gasteiger partial charge in [-0.3, -0.25) is 4.79 Å².